The van der Waals surface area contributed by atoms with Gasteiger partial charge in [-0.05, 0) is 38.5 Å². The Bertz CT molecular complexity index is 870. The Hall–Kier alpha value is -2.76. The smallest absolute Gasteiger partial charge is 0.255 e. The molecule has 0 aliphatic rings. The van der Waals surface area contributed by atoms with Crippen LogP contribution in [0.25, 0.3) is 11.0 Å². The molecule has 0 atom stereocenters. The highest BCUT2D eigenvalue weighted by molar-refractivity contribution is 5.97. The van der Waals surface area contributed by atoms with Gasteiger partial charge in [0.05, 0.1) is 11.3 Å². The summed E-state index contributed by atoms with van der Waals surface area (Å²) in [6.07, 6.45) is 5.15. The lowest BCUT2D eigenvalue weighted by Crippen LogP contribution is -2.36. The Morgan fingerprint density at radius 3 is 2.79 bits per heavy atom. The molecule has 0 aliphatic heterocycles. The van der Waals surface area contributed by atoms with Crippen LogP contribution in [0.3, 0.4) is 0 Å². The highest BCUT2D eigenvalue weighted by atomic mass is 16.2. The van der Waals surface area contributed by atoms with Gasteiger partial charge in [0.1, 0.15) is 0 Å². The molecule has 0 saturated heterocycles. The first-order chi connectivity index (χ1) is 11.5. The minimum absolute atomic E-state index is 0.0356. The van der Waals surface area contributed by atoms with Gasteiger partial charge < -0.3 is 4.90 Å². The first kappa shape index (κ1) is 16.1. The third-order valence-corrected chi connectivity index (χ3v) is 4.07. The molecule has 0 fully saturated rings. The number of aromatic nitrogens is 4. The normalized spacial score (nSPS) is 11.2. The summed E-state index contributed by atoms with van der Waals surface area (Å²) >= 11 is 0. The molecule has 0 spiro atoms. The number of hydrogen-bond acceptors (Lipinski definition) is 4. The first-order valence-electron chi connectivity index (χ1n) is 7.96. The predicted octanol–water partition coefficient (Wildman–Crippen LogP) is 2.72. The fourth-order valence-electron chi connectivity index (χ4n) is 2.77. The number of nitrogens with zero attached hydrogens (tertiary/aromatic N) is 5. The van der Waals surface area contributed by atoms with E-state index in [2.05, 4.69) is 15.1 Å². The monoisotopic (exact) mass is 323 g/mol. The zero-order chi connectivity index (χ0) is 17.3. The van der Waals surface area contributed by atoms with E-state index in [9.17, 15) is 4.79 Å². The van der Waals surface area contributed by atoms with E-state index in [1.54, 1.807) is 23.3 Å². The maximum Gasteiger partial charge on any atom is 0.255 e. The van der Waals surface area contributed by atoms with Gasteiger partial charge in [-0.25, -0.2) is 4.98 Å². The number of pyridine rings is 2. The van der Waals surface area contributed by atoms with E-state index in [0.29, 0.717) is 12.1 Å². The SMILES string of the molecule is Cc1nn(C)c2ncc(C(=O)N(Cc3cccnc3)C(C)C)cc12. The molecule has 0 aliphatic carbocycles. The van der Waals surface area contributed by atoms with Crippen LogP contribution in [0.15, 0.2) is 36.8 Å². The minimum atomic E-state index is -0.0356. The molecule has 24 heavy (non-hydrogen) atoms. The molecule has 6 nitrogen and oxygen atoms in total. The molecule has 0 unspecified atom stereocenters. The largest absolute Gasteiger partial charge is 0.332 e. The van der Waals surface area contributed by atoms with Gasteiger partial charge in [0.15, 0.2) is 5.65 Å². The van der Waals surface area contributed by atoms with E-state index in [1.807, 2.05) is 50.9 Å². The Morgan fingerprint density at radius 2 is 2.12 bits per heavy atom. The first-order valence-corrected chi connectivity index (χ1v) is 7.96. The van der Waals surface area contributed by atoms with Crippen molar-refractivity contribution >= 4 is 16.9 Å². The summed E-state index contributed by atoms with van der Waals surface area (Å²) in [7, 11) is 1.85. The highest BCUT2D eigenvalue weighted by Crippen LogP contribution is 2.19. The quantitative estimate of drug-likeness (QED) is 0.740. The van der Waals surface area contributed by atoms with Crippen molar-refractivity contribution in [2.45, 2.75) is 33.4 Å². The summed E-state index contributed by atoms with van der Waals surface area (Å²) < 4.78 is 1.73. The number of amides is 1. The summed E-state index contributed by atoms with van der Waals surface area (Å²) in [6, 6.07) is 5.81. The van der Waals surface area contributed by atoms with E-state index < -0.39 is 0 Å². The zero-order valence-electron chi connectivity index (χ0n) is 14.4. The molecule has 0 N–H and O–H groups in total. The molecule has 124 valence electrons. The van der Waals surface area contributed by atoms with Crippen LogP contribution >= 0.6 is 0 Å². The average Bonchev–Trinajstić information content (AvgIpc) is 2.86. The van der Waals surface area contributed by atoms with Crippen molar-refractivity contribution in [2.75, 3.05) is 0 Å². The standard InChI is InChI=1S/C18H21N5O/c1-12(2)23(11-14-6-5-7-19-9-14)18(24)15-8-16-13(3)21-22(4)17(16)20-10-15/h5-10,12H,11H2,1-4H3. The predicted molar refractivity (Wildman–Crippen MR) is 92.5 cm³/mol. The Balaban J connectivity index is 1.94. The van der Waals surface area contributed by atoms with Crippen molar-refractivity contribution in [3.05, 3.63) is 53.6 Å². The molecule has 0 radical (unpaired) electrons. The maximum atomic E-state index is 13.0. The van der Waals surface area contributed by atoms with Crippen molar-refractivity contribution in [1.82, 2.24) is 24.6 Å². The summed E-state index contributed by atoms with van der Waals surface area (Å²) in [5.74, 6) is -0.0356. The number of hydrogen-bond donors (Lipinski definition) is 0. The average molecular weight is 323 g/mol. The zero-order valence-corrected chi connectivity index (χ0v) is 14.4. The second-order valence-electron chi connectivity index (χ2n) is 6.19. The molecule has 3 heterocycles. The molecule has 0 saturated carbocycles. The third kappa shape index (κ3) is 2.99. The molecule has 3 rings (SSSR count). The van der Waals surface area contributed by atoms with E-state index in [0.717, 1.165) is 22.3 Å². The fourth-order valence-corrected chi connectivity index (χ4v) is 2.77. The van der Waals surface area contributed by atoms with Crippen molar-refractivity contribution < 1.29 is 4.79 Å². The van der Waals surface area contributed by atoms with Crippen LogP contribution < -0.4 is 0 Å². The highest BCUT2D eigenvalue weighted by Gasteiger charge is 2.21. The van der Waals surface area contributed by atoms with Gasteiger partial charge >= 0.3 is 0 Å². The molecule has 3 aromatic rings. The van der Waals surface area contributed by atoms with Gasteiger partial charge in [0.2, 0.25) is 0 Å². The summed E-state index contributed by atoms with van der Waals surface area (Å²) in [5.41, 5.74) is 3.24. The summed E-state index contributed by atoms with van der Waals surface area (Å²) in [4.78, 5) is 23.4. The number of carbonyl (C=O) groups excluding carboxylic acids is 1. The van der Waals surface area contributed by atoms with Crippen LogP contribution in [0.5, 0.6) is 0 Å². The van der Waals surface area contributed by atoms with Gasteiger partial charge in [-0.2, -0.15) is 5.10 Å². The van der Waals surface area contributed by atoms with Gasteiger partial charge in [-0.15, -0.1) is 0 Å². The summed E-state index contributed by atoms with van der Waals surface area (Å²) in [6.45, 7) is 6.47. The van der Waals surface area contributed by atoms with Crippen LogP contribution in [0, 0.1) is 6.92 Å². The van der Waals surface area contributed by atoms with Crippen molar-refractivity contribution in [3.63, 3.8) is 0 Å². The van der Waals surface area contributed by atoms with Crippen LogP contribution in [-0.4, -0.2) is 36.6 Å². The second-order valence-corrected chi connectivity index (χ2v) is 6.19. The van der Waals surface area contributed by atoms with E-state index in [-0.39, 0.29) is 11.9 Å². The van der Waals surface area contributed by atoms with Gasteiger partial charge in [-0.1, -0.05) is 6.07 Å². The Kier molecular flexibility index (Phi) is 4.29. The van der Waals surface area contributed by atoms with Crippen LogP contribution in [0.4, 0.5) is 0 Å². The minimum Gasteiger partial charge on any atom is -0.332 e. The summed E-state index contributed by atoms with van der Waals surface area (Å²) in [5, 5.41) is 5.27. The lowest BCUT2D eigenvalue weighted by Gasteiger charge is -2.26. The van der Waals surface area contributed by atoms with Gasteiger partial charge in [0.25, 0.3) is 5.91 Å². The van der Waals surface area contributed by atoms with Crippen molar-refractivity contribution in [3.8, 4) is 0 Å². The lowest BCUT2D eigenvalue weighted by molar-refractivity contribution is 0.0690. The molecule has 1 amide bonds. The topological polar surface area (TPSA) is 63.9 Å². The maximum absolute atomic E-state index is 13.0. The Labute approximate surface area is 141 Å². The second kappa shape index (κ2) is 6.39. The number of carbonyl (C=O) groups is 1. The van der Waals surface area contributed by atoms with E-state index >= 15 is 0 Å². The van der Waals surface area contributed by atoms with Crippen molar-refractivity contribution in [2.24, 2.45) is 7.05 Å². The molecule has 0 aromatic carbocycles. The van der Waals surface area contributed by atoms with Gasteiger partial charge in [-0.3, -0.25) is 14.5 Å². The lowest BCUT2D eigenvalue weighted by atomic mass is 10.1. The van der Waals surface area contributed by atoms with E-state index in [4.69, 9.17) is 0 Å². The van der Waals surface area contributed by atoms with E-state index in [1.165, 1.54) is 0 Å². The molecule has 3 aromatic heterocycles. The number of fused-ring (bicyclic) bond motifs is 1. The van der Waals surface area contributed by atoms with Crippen LogP contribution in [0.1, 0.15) is 35.5 Å². The Morgan fingerprint density at radius 1 is 1.33 bits per heavy atom. The number of rotatable bonds is 4. The number of aryl methyl sites for hydroxylation is 2. The van der Waals surface area contributed by atoms with Gasteiger partial charge in [0, 0.05) is 43.6 Å². The third-order valence-electron chi connectivity index (χ3n) is 4.07. The van der Waals surface area contributed by atoms with Crippen LogP contribution in [0.2, 0.25) is 0 Å². The molecular formula is C18H21N5O. The fraction of sp³-hybridized carbons (Fsp3) is 0.333. The molecule has 0 bridgehead atoms. The van der Waals surface area contributed by atoms with Crippen LogP contribution in [-0.2, 0) is 13.6 Å². The van der Waals surface area contributed by atoms with Crippen molar-refractivity contribution in [1.29, 1.82) is 0 Å². The molecule has 6 heteroatoms. The molecular weight excluding hydrogens is 302 g/mol.